The van der Waals surface area contributed by atoms with Gasteiger partial charge in [0.15, 0.2) is 11.3 Å². The summed E-state index contributed by atoms with van der Waals surface area (Å²) in [5.41, 5.74) is 2.47. The van der Waals surface area contributed by atoms with E-state index >= 15 is 0 Å². The van der Waals surface area contributed by atoms with E-state index in [1.165, 1.54) is 6.42 Å². The number of benzene rings is 1. The lowest BCUT2D eigenvalue weighted by atomic mass is 9.79. The molecule has 2 aromatic heterocycles. The Balaban J connectivity index is 1.28. The summed E-state index contributed by atoms with van der Waals surface area (Å²) in [5, 5.41) is 18.4. The van der Waals surface area contributed by atoms with Crippen LogP contribution in [-0.2, 0) is 11.8 Å². The number of aliphatic carboxylic acids is 1. The second-order valence-electron chi connectivity index (χ2n) is 10.6. The maximum atomic E-state index is 11.0. The Kier molecular flexibility index (Phi) is 8.26. The van der Waals surface area contributed by atoms with Crippen molar-refractivity contribution in [1.29, 1.82) is 0 Å². The minimum atomic E-state index is -0.717. The average Bonchev–Trinajstić information content (AvgIpc) is 3.28. The van der Waals surface area contributed by atoms with Crippen molar-refractivity contribution in [2.45, 2.75) is 45.1 Å². The van der Waals surface area contributed by atoms with Gasteiger partial charge in [0, 0.05) is 43.3 Å². The lowest BCUT2D eigenvalue weighted by Gasteiger charge is -2.40. The van der Waals surface area contributed by atoms with Gasteiger partial charge in [-0.25, -0.2) is 4.98 Å². The third-order valence-corrected chi connectivity index (χ3v) is 8.48. The number of carboxylic acids is 1. The molecule has 1 unspecified atom stereocenters. The molecule has 3 aromatic rings. The first-order valence-electron chi connectivity index (χ1n) is 13.4. The third-order valence-electron chi connectivity index (χ3n) is 7.92. The molecule has 0 saturated carbocycles. The van der Waals surface area contributed by atoms with Gasteiger partial charge in [-0.05, 0) is 68.7 Å². The number of anilines is 2. The number of aryl methyl sites for hydroxylation is 1. The van der Waals surface area contributed by atoms with E-state index in [9.17, 15) is 4.79 Å². The Hall–Kier alpha value is -2.62. The number of hydrogen-bond acceptors (Lipinski definition) is 7. The van der Waals surface area contributed by atoms with Crippen molar-refractivity contribution in [2.24, 2.45) is 18.9 Å². The van der Waals surface area contributed by atoms with Crippen LogP contribution in [0.3, 0.4) is 0 Å². The number of carboxylic acid groups (broad SMARTS) is 1. The van der Waals surface area contributed by atoms with Gasteiger partial charge in [-0.2, -0.15) is 10.1 Å². The molecule has 2 fully saturated rings. The maximum Gasteiger partial charge on any atom is 0.304 e. The Morgan fingerprint density at radius 3 is 2.68 bits per heavy atom. The smallest absolute Gasteiger partial charge is 0.304 e. The van der Waals surface area contributed by atoms with Crippen LogP contribution in [-0.4, -0.2) is 68.4 Å². The number of fused-ring (bicyclic) bond motifs is 1. The van der Waals surface area contributed by atoms with Crippen molar-refractivity contribution in [1.82, 2.24) is 24.6 Å². The molecule has 2 aliphatic rings. The van der Waals surface area contributed by atoms with Gasteiger partial charge in [0.05, 0.1) is 18.7 Å². The minimum absolute atomic E-state index is 0.103. The highest BCUT2D eigenvalue weighted by atomic mass is 35.5. The van der Waals surface area contributed by atoms with Gasteiger partial charge in [0.2, 0.25) is 5.95 Å². The van der Waals surface area contributed by atoms with Crippen molar-refractivity contribution in [2.75, 3.05) is 42.9 Å². The van der Waals surface area contributed by atoms with E-state index in [2.05, 4.69) is 20.2 Å². The Bertz CT molecular complexity index is 1290. The van der Waals surface area contributed by atoms with E-state index in [0.29, 0.717) is 40.2 Å². The van der Waals surface area contributed by atoms with Crippen LogP contribution in [0.25, 0.3) is 11.0 Å². The molecule has 2 atom stereocenters. The zero-order valence-electron chi connectivity index (χ0n) is 21.9. The summed E-state index contributed by atoms with van der Waals surface area (Å²) in [4.78, 5) is 25.4. The van der Waals surface area contributed by atoms with Gasteiger partial charge < -0.3 is 20.2 Å². The zero-order valence-corrected chi connectivity index (χ0v) is 23.4. The molecule has 2 aliphatic heterocycles. The number of carbonyl (C=O) groups is 1. The van der Waals surface area contributed by atoms with Gasteiger partial charge in [-0.3, -0.25) is 9.48 Å². The second-order valence-corrected chi connectivity index (χ2v) is 11.5. The van der Waals surface area contributed by atoms with Gasteiger partial charge in [-0.15, -0.1) is 0 Å². The van der Waals surface area contributed by atoms with Crippen LogP contribution >= 0.6 is 23.2 Å². The Labute approximate surface area is 233 Å². The van der Waals surface area contributed by atoms with Gasteiger partial charge >= 0.3 is 5.97 Å². The lowest BCUT2D eigenvalue weighted by Crippen LogP contribution is -2.43. The molecule has 2 saturated heterocycles. The highest BCUT2D eigenvalue weighted by molar-refractivity contribution is 6.35. The van der Waals surface area contributed by atoms with Crippen molar-refractivity contribution < 1.29 is 9.90 Å². The monoisotopic (exact) mass is 559 g/mol. The molecular weight excluding hydrogens is 525 g/mol. The molecule has 9 nitrogen and oxygen atoms in total. The summed E-state index contributed by atoms with van der Waals surface area (Å²) in [6, 6.07) is 5.41. The normalized spacial score (nSPS) is 20.1. The maximum absolute atomic E-state index is 11.0. The quantitative estimate of drug-likeness (QED) is 0.386. The van der Waals surface area contributed by atoms with E-state index in [-0.39, 0.29) is 12.5 Å². The van der Waals surface area contributed by atoms with Crippen LogP contribution in [0.2, 0.25) is 10.0 Å². The molecule has 0 spiro atoms. The standard InChI is InChI=1S/C27H35Cl2N7O2/c1-17(21-6-5-20(28)14-22(21)29)30-26-25-23(16-34(2)33-25)31-27(32-26)36-12-7-18(8-13-36)19-4-3-10-35(15-19)11-9-24(37)38/h5-6,14,16-19H,3-4,7-13,15H2,1-2H3,(H,37,38)(H,30,31,32)/t17-,19?/m1/s1. The lowest BCUT2D eigenvalue weighted by molar-refractivity contribution is -0.137. The SMILES string of the molecule is C[C@@H](Nc1nc(N2CCC(C3CCCN(CCC(=O)O)C3)CC2)nc2cn(C)nc12)c1ccc(Cl)cc1Cl. The summed E-state index contributed by atoms with van der Waals surface area (Å²) in [7, 11) is 1.89. The zero-order chi connectivity index (χ0) is 26.8. The Morgan fingerprint density at radius 2 is 1.95 bits per heavy atom. The molecule has 11 heteroatoms. The average molecular weight is 561 g/mol. The first-order chi connectivity index (χ1) is 18.3. The number of likely N-dealkylation sites (tertiary alicyclic amines) is 1. The van der Waals surface area contributed by atoms with E-state index in [4.69, 9.17) is 38.3 Å². The predicted octanol–water partition coefficient (Wildman–Crippen LogP) is 5.25. The first kappa shape index (κ1) is 27.0. The Morgan fingerprint density at radius 1 is 1.16 bits per heavy atom. The summed E-state index contributed by atoms with van der Waals surface area (Å²) in [6.07, 6.45) is 6.70. The molecular formula is C27H35Cl2N7O2. The molecule has 0 amide bonds. The fourth-order valence-corrected chi connectivity index (χ4v) is 6.47. The summed E-state index contributed by atoms with van der Waals surface area (Å²) < 4.78 is 1.76. The molecule has 2 N–H and O–H groups in total. The van der Waals surface area contributed by atoms with E-state index in [1.807, 2.05) is 32.3 Å². The molecule has 0 bridgehead atoms. The van der Waals surface area contributed by atoms with Crippen molar-refractivity contribution >= 4 is 52.0 Å². The molecule has 1 aromatic carbocycles. The molecule has 38 heavy (non-hydrogen) atoms. The number of nitrogens with zero attached hydrogens (tertiary/aromatic N) is 6. The van der Waals surface area contributed by atoms with Crippen LogP contribution in [0.15, 0.2) is 24.4 Å². The largest absolute Gasteiger partial charge is 0.481 e. The molecule has 5 rings (SSSR count). The molecule has 0 aliphatic carbocycles. The van der Waals surface area contributed by atoms with Crippen LogP contribution in [0, 0.1) is 11.8 Å². The molecule has 4 heterocycles. The highest BCUT2D eigenvalue weighted by Gasteiger charge is 2.31. The summed E-state index contributed by atoms with van der Waals surface area (Å²) in [6.45, 7) is 6.52. The second kappa shape index (κ2) is 11.6. The molecule has 0 radical (unpaired) electrons. The summed E-state index contributed by atoms with van der Waals surface area (Å²) in [5.74, 6) is 1.96. The predicted molar refractivity (Wildman–Crippen MR) is 151 cm³/mol. The number of hydrogen-bond donors (Lipinski definition) is 2. The van der Waals surface area contributed by atoms with Crippen LogP contribution in [0.5, 0.6) is 0 Å². The van der Waals surface area contributed by atoms with Gasteiger partial charge in [-0.1, -0.05) is 29.3 Å². The minimum Gasteiger partial charge on any atom is -0.481 e. The van der Waals surface area contributed by atoms with Crippen LogP contribution < -0.4 is 10.2 Å². The number of halogens is 2. The summed E-state index contributed by atoms with van der Waals surface area (Å²) >= 11 is 12.6. The fourth-order valence-electron chi connectivity index (χ4n) is 5.89. The van der Waals surface area contributed by atoms with E-state index in [0.717, 1.165) is 62.0 Å². The number of nitrogens with one attached hydrogen (secondary N) is 1. The van der Waals surface area contributed by atoms with Gasteiger partial charge in [0.25, 0.3) is 0 Å². The third kappa shape index (κ3) is 6.16. The van der Waals surface area contributed by atoms with Crippen LogP contribution in [0.4, 0.5) is 11.8 Å². The first-order valence-corrected chi connectivity index (χ1v) is 14.1. The molecule has 204 valence electrons. The topological polar surface area (TPSA) is 99.4 Å². The number of aromatic nitrogens is 4. The van der Waals surface area contributed by atoms with E-state index < -0.39 is 5.97 Å². The van der Waals surface area contributed by atoms with Crippen molar-refractivity contribution in [3.8, 4) is 0 Å². The number of rotatable bonds is 8. The van der Waals surface area contributed by atoms with Gasteiger partial charge in [0.1, 0.15) is 5.52 Å². The van der Waals surface area contributed by atoms with Crippen LogP contribution in [0.1, 0.15) is 50.6 Å². The fraction of sp³-hybridized carbons (Fsp3) is 0.556. The van der Waals surface area contributed by atoms with E-state index in [1.54, 1.807) is 10.7 Å². The van der Waals surface area contributed by atoms with Crippen molar-refractivity contribution in [3.05, 3.63) is 40.0 Å². The van der Waals surface area contributed by atoms with Crippen molar-refractivity contribution in [3.63, 3.8) is 0 Å². The number of piperidine rings is 2. The highest BCUT2D eigenvalue weighted by Crippen LogP contribution is 2.34.